The van der Waals surface area contributed by atoms with Gasteiger partial charge >= 0.3 is 5.97 Å². The Morgan fingerprint density at radius 2 is 2.12 bits per heavy atom. The van der Waals surface area contributed by atoms with Gasteiger partial charge < -0.3 is 9.84 Å². The molecule has 1 aromatic carbocycles. The molecule has 0 saturated heterocycles. The summed E-state index contributed by atoms with van der Waals surface area (Å²) in [5, 5.41) is 9.25. The second-order valence-electron chi connectivity index (χ2n) is 5.78. The van der Waals surface area contributed by atoms with Gasteiger partial charge in [0, 0.05) is 9.75 Å². The molecule has 0 spiro atoms. The molecule has 8 heteroatoms. The van der Waals surface area contributed by atoms with Crippen LogP contribution in [0.1, 0.15) is 23.1 Å². The Hall–Kier alpha value is -2.16. The molecule has 0 radical (unpaired) electrons. The third kappa shape index (κ3) is 3.67. The molecule has 1 unspecified atom stereocenters. The summed E-state index contributed by atoms with van der Waals surface area (Å²) in [5.41, 5.74) is 0. The molecule has 6 nitrogen and oxygen atoms in total. The van der Waals surface area contributed by atoms with Gasteiger partial charge in [-0.1, -0.05) is 25.1 Å². The Morgan fingerprint density at radius 3 is 2.73 bits per heavy atom. The highest BCUT2D eigenvalue weighted by Crippen LogP contribution is 2.38. The van der Waals surface area contributed by atoms with Gasteiger partial charge in [0.1, 0.15) is 18.4 Å². The quantitative estimate of drug-likeness (QED) is 0.781. The highest BCUT2D eigenvalue weighted by Gasteiger charge is 2.42. The molecule has 0 fully saturated rings. The number of aliphatic carboxylic acids is 1. The topological polar surface area (TPSA) is 83.9 Å². The van der Waals surface area contributed by atoms with Crippen LogP contribution in [0.3, 0.4) is 0 Å². The van der Waals surface area contributed by atoms with Crippen LogP contribution in [0.15, 0.2) is 47.4 Å². The van der Waals surface area contributed by atoms with Crippen molar-refractivity contribution in [3.8, 4) is 5.75 Å². The van der Waals surface area contributed by atoms with Crippen molar-refractivity contribution in [1.29, 1.82) is 0 Å². The third-order valence-electron chi connectivity index (χ3n) is 4.07. The smallest absolute Gasteiger partial charge is 0.322 e. The minimum Gasteiger partial charge on any atom is -0.490 e. The monoisotopic (exact) mass is 393 g/mol. The maximum absolute atomic E-state index is 12.6. The normalized spacial score (nSPS) is 17.3. The molecule has 0 saturated carbocycles. The number of carbonyl (C=O) groups is 1. The molecule has 3 rings (SSSR count). The first-order chi connectivity index (χ1) is 12.4. The van der Waals surface area contributed by atoms with Crippen LogP contribution in [-0.2, 0) is 21.4 Å². The highest BCUT2D eigenvalue weighted by atomic mass is 32.2. The summed E-state index contributed by atoms with van der Waals surface area (Å²) in [6.07, 6.45) is 3.87. The van der Waals surface area contributed by atoms with E-state index in [2.05, 4.69) is 0 Å². The lowest BCUT2D eigenvalue weighted by Gasteiger charge is -2.21. The zero-order valence-corrected chi connectivity index (χ0v) is 15.8. The molecular weight excluding hydrogens is 374 g/mol. The standard InChI is InChI=1S/C18H19NO5S2/c1-2-15(18(20)21)19-12-16-17(26(19,22)23)11-14(25-16)9-6-10-24-13-7-4-3-5-8-13/h3-9,11,15H,2,10,12H2,1H3,(H,20,21)/b9-6+. The molecule has 138 valence electrons. The predicted molar refractivity (Wildman–Crippen MR) is 99.7 cm³/mol. The second-order valence-corrected chi connectivity index (χ2v) is 8.80. The van der Waals surface area contributed by atoms with Crippen LogP contribution >= 0.6 is 11.3 Å². The molecule has 0 bridgehead atoms. The van der Waals surface area contributed by atoms with Crippen molar-refractivity contribution < 1.29 is 23.1 Å². The van der Waals surface area contributed by atoms with E-state index >= 15 is 0 Å². The number of hydrogen-bond donors (Lipinski definition) is 1. The molecule has 1 aliphatic heterocycles. The summed E-state index contributed by atoms with van der Waals surface area (Å²) in [5.74, 6) is -0.354. The number of para-hydroxylation sites is 1. The number of rotatable bonds is 7. The van der Waals surface area contributed by atoms with Crippen molar-refractivity contribution in [1.82, 2.24) is 4.31 Å². The molecule has 2 aromatic rings. The molecule has 1 N–H and O–H groups in total. The Bertz CT molecular complexity index is 918. The van der Waals surface area contributed by atoms with E-state index in [-0.39, 0.29) is 17.9 Å². The molecule has 2 heterocycles. The van der Waals surface area contributed by atoms with Crippen molar-refractivity contribution in [2.75, 3.05) is 6.61 Å². The fourth-order valence-corrected chi connectivity index (χ4v) is 6.14. The number of fused-ring (bicyclic) bond motifs is 1. The number of nitrogens with zero attached hydrogens (tertiary/aromatic N) is 1. The van der Waals surface area contributed by atoms with E-state index in [9.17, 15) is 18.3 Å². The zero-order valence-electron chi connectivity index (χ0n) is 14.2. The van der Waals surface area contributed by atoms with Crippen LogP contribution in [0.25, 0.3) is 6.08 Å². The Labute approximate surface area is 156 Å². The summed E-state index contributed by atoms with van der Waals surface area (Å²) in [6.45, 7) is 2.16. The highest BCUT2D eigenvalue weighted by molar-refractivity contribution is 7.89. The average Bonchev–Trinajstić information content (AvgIpc) is 3.12. The largest absolute Gasteiger partial charge is 0.490 e. The van der Waals surface area contributed by atoms with Crippen molar-refractivity contribution >= 4 is 33.4 Å². The predicted octanol–water partition coefficient (Wildman–Crippen LogP) is 3.21. The van der Waals surface area contributed by atoms with Crippen LogP contribution in [0.5, 0.6) is 5.75 Å². The maximum atomic E-state index is 12.6. The van der Waals surface area contributed by atoms with Gasteiger partial charge in [0.2, 0.25) is 10.0 Å². The van der Waals surface area contributed by atoms with E-state index in [1.165, 1.54) is 11.3 Å². The molecule has 1 atom stereocenters. The Balaban J connectivity index is 1.69. The molecule has 0 amide bonds. The van der Waals surface area contributed by atoms with Crippen LogP contribution < -0.4 is 4.74 Å². The lowest BCUT2D eigenvalue weighted by molar-refractivity contribution is -0.141. The summed E-state index contributed by atoms with van der Waals surface area (Å²) >= 11 is 1.36. The van der Waals surface area contributed by atoms with Crippen molar-refractivity contribution in [3.63, 3.8) is 0 Å². The van der Waals surface area contributed by atoms with Gasteiger partial charge in [-0.25, -0.2) is 8.42 Å². The maximum Gasteiger partial charge on any atom is 0.322 e. The van der Waals surface area contributed by atoms with Crippen LogP contribution in [-0.4, -0.2) is 36.4 Å². The lowest BCUT2D eigenvalue weighted by Crippen LogP contribution is -2.40. The van der Waals surface area contributed by atoms with E-state index < -0.39 is 22.0 Å². The number of benzene rings is 1. The zero-order chi connectivity index (χ0) is 18.7. The number of carboxylic acid groups (broad SMARTS) is 1. The van der Waals surface area contributed by atoms with Gasteiger partial charge in [-0.15, -0.1) is 11.3 Å². The summed E-state index contributed by atoms with van der Waals surface area (Å²) in [4.78, 5) is 13.0. The Kier molecular flexibility index (Phi) is 5.45. The van der Waals surface area contributed by atoms with Gasteiger partial charge in [-0.2, -0.15) is 4.31 Å². The first-order valence-electron chi connectivity index (χ1n) is 8.15. The second kappa shape index (κ2) is 7.61. The average molecular weight is 393 g/mol. The van der Waals surface area contributed by atoms with E-state index in [1.54, 1.807) is 13.0 Å². The lowest BCUT2D eigenvalue weighted by atomic mass is 10.2. The number of thiophene rings is 1. The van der Waals surface area contributed by atoms with Gasteiger partial charge in [0.25, 0.3) is 0 Å². The van der Waals surface area contributed by atoms with Crippen molar-refractivity contribution in [2.24, 2.45) is 0 Å². The summed E-state index contributed by atoms with van der Waals surface area (Å²) in [6, 6.07) is 9.98. The minimum absolute atomic E-state index is 0.113. The van der Waals surface area contributed by atoms with Gasteiger partial charge in [-0.05, 0) is 36.8 Å². The van der Waals surface area contributed by atoms with Crippen LogP contribution in [0, 0.1) is 0 Å². The first kappa shape index (κ1) is 18.6. The van der Waals surface area contributed by atoms with Gasteiger partial charge in [0.15, 0.2) is 0 Å². The molecule has 1 aromatic heterocycles. The number of hydrogen-bond acceptors (Lipinski definition) is 5. The molecular formula is C18H19NO5S2. The van der Waals surface area contributed by atoms with Gasteiger partial charge in [0.05, 0.1) is 11.4 Å². The van der Waals surface area contributed by atoms with E-state index in [4.69, 9.17) is 4.74 Å². The molecule has 1 aliphatic rings. The molecule has 26 heavy (non-hydrogen) atoms. The fourth-order valence-electron chi connectivity index (χ4n) is 2.80. The number of carboxylic acids is 1. The summed E-state index contributed by atoms with van der Waals surface area (Å²) in [7, 11) is -3.76. The van der Waals surface area contributed by atoms with Crippen LogP contribution in [0.4, 0.5) is 0 Å². The fraction of sp³-hybridized carbons (Fsp3) is 0.278. The SMILES string of the molecule is CCC(C(=O)O)N1Cc2sc(/C=C/COc3ccccc3)cc2S1(=O)=O. The summed E-state index contributed by atoms with van der Waals surface area (Å²) < 4.78 is 31.9. The van der Waals surface area contributed by atoms with E-state index in [0.29, 0.717) is 11.5 Å². The number of ether oxygens (including phenoxy) is 1. The third-order valence-corrected chi connectivity index (χ3v) is 7.20. The first-order valence-corrected chi connectivity index (χ1v) is 10.4. The minimum atomic E-state index is -3.76. The van der Waals surface area contributed by atoms with Crippen molar-refractivity contribution in [2.45, 2.75) is 30.8 Å². The van der Waals surface area contributed by atoms with Crippen molar-refractivity contribution in [3.05, 3.63) is 52.2 Å². The van der Waals surface area contributed by atoms with E-state index in [0.717, 1.165) is 14.9 Å². The van der Waals surface area contributed by atoms with E-state index in [1.807, 2.05) is 42.5 Å². The van der Waals surface area contributed by atoms with Gasteiger partial charge in [-0.3, -0.25) is 4.79 Å². The number of sulfonamides is 1. The van der Waals surface area contributed by atoms with Crippen LogP contribution in [0.2, 0.25) is 0 Å². The molecule has 0 aliphatic carbocycles. The Morgan fingerprint density at radius 1 is 1.38 bits per heavy atom.